The van der Waals surface area contributed by atoms with Gasteiger partial charge in [-0.1, -0.05) is 6.07 Å². The van der Waals surface area contributed by atoms with Crippen LogP contribution in [0.25, 0.3) is 0 Å². The molecular weight excluding hydrogens is 178 g/mol. The lowest BCUT2D eigenvalue weighted by Gasteiger charge is -2.03. The van der Waals surface area contributed by atoms with Crippen molar-refractivity contribution in [2.24, 2.45) is 0 Å². The van der Waals surface area contributed by atoms with Crippen LogP contribution in [0, 0.1) is 6.92 Å². The van der Waals surface area contributed by atoms with Crippen LogP contribution in [0.2, 0.25) is 0 Å². The molecule has 0 N–H and O–H groups in total. The van der Waals surface area contributed by atoms with E-state index in [-0.39, 0.29) is 5.56 Å². The van der Waals surface area contributed by atoms with Crippen LogP contribution in [0.5, 0.6) is 0 Å². The molecule has 0 unspecified atom stereocenters. The average molecular weight is 189 g/mol. The standard InChI is InChI=1S/C11H11NO2/c1-9-4-2-6-12(11(9)13)8-10-5-3-7-14-10/h2-7H,8H2,1H3. The summed E-state index contributed by atoms with van der Waals surface area (Å²) < 4.78 is 6.81. The fourth-order valence-corrected chi connectivity index (χ4v) is 1.35. The highest BCUT2D eigenvalue weighted by atomic mass is 16.3. The van der Waals surface area contributed by atoms with Crippen molar-refractivity contribution in [3.63, 3.8) is 0 Å². The highest BCUT2D eigenvalue weighted by Gasteiger charge is 2.00. The summed E-state index contributed by atoms with van der Waals surface area (Å²) in [4.78, 5) is 11.6. The van der Waals surface area contributed by atoms with E-state index in [1.165, 1.54) is 0 Å². The minimum Gasteiger partial charge on any atom is -0.467 e. The molecule has 0 aromatic carbocycles. The van der Waals surface area contributed by atoms with E-state index in [9.17, 15) is 4.79 Å². The van der Waals surface area contributed by atoms with E-state index in [4.69, 9.17) is 4.42 Å². The molecule has 0 saturated carbocycles. The third-order valence-corrected chi connectivity index (χ3v) is 2.12. The smallest absolute Gasteiger partial charge is 0.253 e. The van der Waals surface area contributed by atoms with Gasteiger partial charge in [0.1, 0.15) is 5.76 Å². The lowest BCUT2D eigenvalue weighted by Crippen LogP contribution is -2.21. The van der Waals surface area contributed by atoms with Crippen LogP contribution < -0.4 is 5.56 Å². The molecule has 0 saturated heterocycles. The molecule has 0 aliphatic rings. The third-order valence-electron chi connectivity index (χ3n) is 2.12. The van der Waals surface area contributed by atoms with Gasteiger partial charge in [0.25, 0.3) is 5.56 Å². The second-order valence-electron chi connectivity index (χ2n) is 3.20. The summed E-state index contributed by atoms with van der Waals surface area (Å²) in [5.74, 6) is 0.790. The Balaban J connectivity index is 2.34. The Labute approximate surface area is 81.6 Å². The molecule has 72 valence electrons. The number of hydrogen-bond donors (Lipinski definition) is 0. The van der Waals surface area contributed by atoms with Gasteiger partial charge in [0.15, 0.2) is 0 Å². The van der Waals surface area contributed by atoms with Crippen LogP contribution in [0.15, 0.2) is 45.9 Å². The number of furan rings is 1. The molecular formula is C11H11NO2. The number of nitrogens with zero attached hydrogens (tertiary/aromatic N) is 1. The van der Waals surface area contributed by atoms with Gasteiger partial charge in [-0.05, 0) is 25.1 Å². The summed E-state index contributed by atoms with van der Waals surface area (Å²) in [6.45, 7) is 2.30. The van der Waals surface area contributed by atoms with Gasteiger partial charge in [0.05, 0.1) is 12.8 Å². The van der Waals surface area contributed by atoms with E-state index in [0.29, 0.717) is 6.54 Å². The summed E-state index contributed by atoms with van der Waals surface area (Å²) in [6.07, 6.45) is 3.37. The number of aryl methyl sites for hydroxylation is 1. The van der Waals surface area contributed by atoms with Crippen molar-refractivity contribution >= 4 is 0 Å². The van der Waals surface area contributed by atoms with Gasteiger partial charge < -0.3 is 8.98 Å². The molecule has 0 aliphatic heterocycles. The Hall–Kier alpha value is -1.77. The second kappa shape index (κ2) is 3.54. The van der Waals surface area contributed by atoms with Gasteiger partial charge in [-0.3, -0.25) is 4.79 Å². The summed E-state index contributed by atoms with van der Waals surface area (Å²) in [7, 11) is 0. The van der Waals surface area contributed by atoms with Gasteiger partial charge >= 0.3 is 0 Å². The fourth-order valence-electron chi connectivity index (χ4n) is 1.35. The van der Waals surface area contributed by atoms with E-state index in [2.05, 4.69) is 0 Å². The summed E-state index contributed by atoms with van der Waals surface area (Å²) >= 11 is 0. The number of aromatic nitrogens is 1. The zero-order valence-corrected chi connectivity index (χ0v) is 7.93. The molecule has 0 atom stereocenters. The normalized spacial score (nSPS) is 10.4. The fraction of sp³-hybridized carbons (Fsp3) is 0.182. The molecule has 3 nitrogen and oxygen atoms in total. The van der Waals surface area contributed by atoms with E-state index < -0.39 is 0 Å². The Morgan fingerprint density at radius 2 is 2.21 bits per heavy atom. The first-order valence-electron chi connectivity index (χ1n) is 4.46. The van der Waals surface area contributed by atoms with E-state index >= 15 is 0 Å². The van der Waals surface area contributed by atoms with Crippen LogP contribution in [-0.4, -0.2) is 4.57 Å². The molecule has 0 radical (unpaired) electrons. The summed E-state index contributed by atoms with van der Waals surface area (Å²) in [5, 5.41) is 0. The maximum absolute atomic E-state index is 11.6. The highest BCUT2D eigenvalue weighted by Crippen LogP contribution is 2.01. The Bertz CT molecular complexity index is 468. The quantitative estimate of drug-likeness (QED) is 0.722. The number of rotatable bonds is 2. The molecule has 0 bridgehead atoms. The maximum atomic E-state index is 11.6. The average Bonchev–Trinajstić information content (AvgIpc) is 2.66. The van der Waals surface area contributed by atoms with Crippen molar-refractivity contribution in [1.82, 2.24) is 4.57 Å². The molecule has 2 aromatic heterocycles. The van der Waals surface area contributed by atoms with E-state index in [0.717, 1.165) is 11.3 Å². The van der Waals surface area contributed by atoms with Crippen LogP contribution >= 0.6 is 0 Å². The molecule has 0 spiro atoms. The monoisotopic (exact) mass is 189 g/mol. The van der Waals surface area contributed by atoms with Crippen molar-refractivity contribution in [1.29, 1.82) is 0 Å². The van der Waals surface area contributed by atoms with Gasteiger partial charge in [0, 0.05) is 11.8 Å². The van der Waals surface area contributed by atoms with Gasteiger partial charge in [-0.2, -0.15) is 0 Å². The minimum absolute atomic E-state index is 0.0314. The zero-order chi connectivity index (χ0) is 9.97. The predicted octanol–water partition coefficient (Wildman–Crippen LogP) is 1.80. The molecule has 2 rings (SSSR count). The number of pyridine rings is 1. The van der Waals surface area contributed by atoms with Crippen molar-refractivity contribution < 1.29 is 4.42 Å². The lowest BCUT2D eigenvalue weighted by atomic mass is 10.3. The van der Waals surface area contributed by atoms with Crippen molar-refractivity contribution in [3.8, 4) is 0 Å². The molecule has 2 heterocycles. The van der Waals surface area contributed by atoms with Crippen molar-refractivity contribution in [2.45, 2.75) is 13.5 Å². The first kappa shape index (κ1) is 8.81. The first-order valence-corrected chi connectivity index (χ1v) is 4.46. The largest absolute Gasteiger partial charge is 0.467 e. The molecule has 2 aromatic rings. The molecule has 3 heteroatoms. The van der Waals surface area contributed by atoms with Crippen LogP contribution in [-0.2, 0) is 6.54 Å². The lowest BCUT2D eigenvalue weighted by molar-refractivity contribution is 0.489. The SMILES string of the molecule is Cc1cccn(Cc2ccco2)c1=O. The van der Waals surface area contributed by atoms with Crippen LogP contribution in [0.3, 0.4) is 0 Å². The predicted molar refractivity (Wildman–Crippen MR) is 53.2 cm³/mol. The molecule has 14 heavy (non-hydrogen) atoms. The summed E-state index contributed by atoms with van der Waals surface area (Å²) in [5.41, 5.74) is 0.781. The van der Waals surface area contributed by atoms with E-state index in [1.807, 2.05) is 18.2 Å². The highest BCUT2D eigenvalue weighted by molar-refractivity contribution is 5.09. The third kappa shape index (κ3) is 1.62. The van der Waals surface area contributed by atoms with Crippen molar-refractivity contribution in [3.05, 3.63) is 58.4 Å². The minimum atomic E-state index is 0.0314. The Morgan fingerprint density at radius 1 is 1.36 bits per heavy atom. The van der Waals surface area contributed by atoms with E-state index in [1.54, 1.807) is 30.0 Å². The Morgan fingerprint density at radius 3 is 2.93 bits per heavy atom. The Kier molecular flexibility index (Phi) is 2.23. The van der Waals surface area contributed by atoms with Gasteiger partial charge in [0.2, 0.25) is 0 Å². The van der Waals surface area contributed by atoms with Gasteiger partial charge in [-0.25, -0.2) is 0 Å². The zero-order valence-electron chi connectivity index (χ0n) is 7.93. The second-order valence-corrected chi connectivity index (χ2v) is 3.20. The number of hydrogen-bond acceptors (Lipinski definition) is 2. The molecule has 0 aliphatic carbocycles. The maximum Gasteiger partial charge on any atom is 0.253 e. The topological polar surface area (TPSA) is 35.1 Å². The van der Waals surface area contributed by atoms with Crippen LogP contribution in [0.4, 0.5) is 0 Å². The molecule has 0 fully saturated rings. The van der Waals surface area contributed by atoms with Crippen molar-refractivity contribution in [2.75, 3.05) is 0 Å². The van der Waals surface area contributed by atoms with Crippen LogP contribution in [0.1, 0.15) is 11.3 Å². The summed E-state index contributed by atoms with van der Waals surface area (Å²) in [6, 6.07) is 7.34. The first-order chi connectivity index (χ1) is 6.77. The molecule has 0 amide bonds. The van der Waals surface area contributed by atoms with Gasteiger partial charge in [-0.15, -0.1) is 0 Å².